The average molecular weight is 898 g/mol. The normalized spacial score (nSPS) is 18.6. The number of amides is 2. The molecule has 0 saturated carbocycles. The number of carbonyl (C=O) groups is 2. The first-order chi connectivity index (χ1) is 28.2. The number of urea groups is 1. The lowest BCUT2D eigenvalue weighted by atomic mass is 10.2. The summed E-state index contributed by atoms with van der Waals surface area (Å²) in [4.78, 5) is 50.7. The molecule has 59 heavy (non-hydrogen) atoms. The number of hydrogen-bond acceptors (Lipinski definition) is 14. The molecule has 4 aliphatic heterocycles. The molecule has 4 fully saturated rings. The van der Waals surface area contributed by atoms with E-state index in [9.17, 15) is 27.2 Å². The zero-order valence-corrected chi connectivity index (χ0v) is 34.9. The molecule has 0 radical (unpaired) electrons. The summed E-state index contributed by atoms with van der Waals surface area (Å²) in [5.41, 5.74) is 1.60. The summed E-state index contributed by atoms with van der Waals surface area (Å²) in [6, 6.07) is 0.332. The molecule has 4 aliphatic rings. The van der Waals surface area contributed by atoms with Crippen LogP contribution in [-0.4, -0.2) is 137 Å². The zero-order chi connectivity index (χ0) is 42.7. The van der Waals surface area contributed by atoms with Crippen LogP contribution in [0.2, 0.25) is 0 Å². The molecule has 2 amide bonds. The van der Waals surface area contributed by atoms with Gasteiger partial charge in [-0.2, -0.15) is 0 Å². The second-order valence-corrected chi connectivity index (χ2v) is 15.6. The van der Waals surface area contributed by atoms with Gasteiger partial charge in [-0.15, -0.1) is 0 Å². The van der Waals surface area contributed by atoms with Gasteiger partial charge in [-0.1, -0.05) is 0 Å². The van der Waals surface area contributed by atoms with E-state index in [4.69, 9.17) is 34.8 Å². The van der Waals surface area contributed by atoms with E-state index >= 15 is 0 Å². The second-order valence-electron chi connectivity index (χ2n) is 13.5. The highest BCUT2D eigenvalue weighted by molar-refractivity contribution is 6.66. The van der Waals surface area contributed by atoms with E-state index in [2.05, 4.69) is 60.6 Å². The van der Waals surface area contributed by atoms with Gasteiger partial charge < -0.3 is 49.7 Å². The Morgan fingerprint density at radius 1 is 0.797 bits per heavy atom. The molecule has 0 aliphatic carbocycles. The SMILES string of the molecule is C1CNC1.CCn1c(C(F)F)nc2c(NC3CCN(C(=O)N4CCC4)C3)ncnc21.CCn1c(C(F)F)nc2c(NC3CCNC3)ncnc21.COC(=O)OC(Cl)(Cl)Cl. The lowest BCUT2D eigenvalue weighted by Gasteiger charge is -2.34. The fourth-order valence-electron chi connectivity index (χ4n) is 6.31. The summed E-state index contributed by atoms with van der Waals surface area (Å²) in [5.74, 6) is 0.410. The van der Waals surface area contributed by atoms with Gasteiger partial charge >= 0.3 is 16.2 Å². The molecule has 4 N–H and O–H groups in total. The predicted molar refractivity (Wildman–Crippen MR) is 213 cm³/mol. The Hall–Kier alpha value is -4.25. The van der Waals surface area contributed by atoms with Crippen molar-refractivity contribution in [2.75, 3.05) is 70.1 Å². The molecule has 18 nitrogen and oxygen atoms in total. The summed E-state index contributed by atoms with van der Waals surface area (Å²) >= 11 is 15.0. The maximum absolute atomic E-state index is 13.2. The number of imidazole rings is 2. The second kappa shape index (κ2) is 21.3. The monoisotopic (exact) mass is 896 g/mol. The fourth-order valence-corrected chi connectivity index (χ4v) is 6.50. The van der Waals surface area contributed by atoms with E-state index in [1.165, 1.54) is 41.3 Å². The molecule has 4 aromatic heterocycles. The molecule has 8 rings (SSSR count). The number of nitrogens with one attached hydrogen (secondary N) is 4. The minimum atomic E-state index is -2.67. The van der Waals surface area contributed by atoms with Crippen LogP contribution in [0.15, 0.2) is 12.7 Å². The predicted octanol–water partition coefficient (Wildman–Crippen LogP) is 5.73. The van der Waals surface area contributed by atoms with Crippen molar-refractivity contribution in [3.8, 4) is 0 Å². The van der Waals surface area contributed by atoms with E-state index in [1.54, 1.807) is 13.8 Å². The van der Waals surface area contributed by atoms with Crippen LogP contribution in [-0.2, 0) is 22.6 Å². The third kappa shape index (κ3) is 12.2. The molecular formula is C34H47Cl3F4N14O4. The molecule has 0 bridgehead atoms. The first-order valence-electron chi connectivity index (χ1n) is 19.0. The number of anilines is 2. The summed E-state index contributed by atoms with van der Waals surface area (Å²) < 4.78 is 61.4. The Bertz CT molecular complexity index is 1990. The average Bonchev–Trinajstić information content (AvgIpc) is 3.96. The van der Waals surface area contributed by atoms with Crippen LogP contribution in [0.5, 0.6) is 0 Å². The van der Waals surface area contributed by atoms with Crippen LogP contribution in [0.3, 0.4) is 0 Å². The number of likely N-dealkylation sites (tertiary alicyclic amines) is 2. The largest absolute Gasteiger partial charge is 0.511 e. The number of rotatable bonds is 8. The highest BCUT2D eigenvalue weighted by atomic mass is 35.6. The van der Waals surface area contributed by atoms with Crippen LogP contribution in [0, 0.1) is 0 Å². The van der Waals surface area contributed by atoms with Crippen LogP contribution >= 0.6 is 34.8 Å². The van der Waals surface area contributed by atoms with E-state index in [-0.39, 0.29) is 29.8 Å². The Morgan fingerprint density at radius 2 is 1.32 bits per heavy atom. The summed E-state index contributed by atoms with van der Waals surface area (Å²) in [7, 11) is 1.11. The Morgan fingerprint density at radius 3 is 1.69 bits per heavy atom. The third-order valence-corrected chi connectivity index (χ3v) is 9.78. The lowest BCUT2D eigenvalue weighted by Crippen LogP contribution is -2.49. The smallest absolute Gasteiger partial charge is 0.438 e. The molecule has 25 heteroatoms. The van der Waals surface area contributed by atoms with Gasteiger partial charge in [0.05, 0.1) is 7.11 Å². The molecule has 0 aromatic carbocycles. The van der Waals surface area contributed by atoms with Crippen molar-refractivity contribution in [2.24, 2.45) is 0 Å². The minimum absolute atomic E-state index is 0.0140. The number of halogens is 7. The van der Waals surface area contributed by atoms with Gasteiger partial charge in [0.15, 0.2) is 45.6 Å². The van der Waals surface area contributed by atoms with Crippen molar-refractivity contribution in [3.63, 3.8) is 0 Å². The van der Waals surface area contributed by atoms with Crippen LogP contribution in [0.1, 0.15) is 64.0 Å². The number of methoxy groups -OCH3 is 1. The molecule has 4 saturated heterocycles. The minimum Gasteiger partial charge on any atom is -0.438 e. The van der Waals surface area contributed by atoms with Gasteiger partial charge in [0.25, 0.3) is 12.9 Å². The molecule has 2 unspecified atom stereocenters. The molecule has 2 atom stereocenters. The Kier molecular flexibility index (Phi) is 16.6. The third-order valence-electron chi connectivity index (χ3n) is 9.55. The summed E-state index contributed by atoms with van der Waals surface area (Å²) in [6.45, 7) is 11.5. The van der Waals surface area contributed by atoms with Gasteiger partial charge in [0.2, 0.25) is 0 Å². The van der Waals surface area contributed by atoms with Crippen molar-refractivity contribution in [1.29, 1.82) is 0 Å². The maximum atomic E-state index is 13.2. The van der Waals surface area contributed by atoms with Crippen molar-refractivity contribution in [2.45, 2.75) is 81.5 Å². The van der Waals surface area contributed by atoms with E-state index < -0.39 is 23.0 Å². The maximum Gasteiger partial charge on any atom is 0.511 e. The fraction of sp³-hybridized carbons (Fsp3) is 0.647. The van der Waals surface area contributed by atoms with Crippen LogP contribution in [0.4, 0.5) is 38.8 Å². The molecule has 0 spiro atoms. The Labute approximate surface area is 352 Å². The van der Waals surface area contributed by atoms with Gasteiger partial charge in [-0.25, -0.2) is 57.1 Å². The molecular weight excluding hydrogens is 851 g/mol. The van der Waals surface area contributed by atoms with Crippen molar-refractivity contribution in [3.05, 3.63) is 24.3 Å². The van der Waals surface area contributed by atoms with Crippen molar-refractivity contribution < 1.29 is 36.6 Å². The quantitative estimate of drug-likeness (QED) is 0.0952. The first kappa shape index (κ1) is 45.8. The number of aryl methyl sites for hydroxylation is 2. The molecule has 4 aromatic rings. The standard InChI is InChI=1S/C16H21F2N7O.C12H16F2N6.C3H3Cl3O3.C3H7N/c1-2-25-14-11(22-15(25)12(17)18)13(19-9-20-14)21-10-4-7-24(8-10)16(26)23-5-3-6-23;1-2-20-11-8(19-12(20)9(13)14)10(16-6-17-11)18-7-3-4-15-5-7;1-8-2(7)9-3(4,5)6;1-2-4-3-1/h9-10,12H,2-8H2,1H3,(H,19,20,21);6-7,9,15H,2-5H2,1H3,(H,16,17,18);1H3;4H,1-3H2. The highest BCUT2D eigenvalue weighted by Crippen LogP contribution is 2.29. The van der Waals surface area contributed by atoms with Gasteiger partial charge in [-0.05, 0) is 94.0 Å². The Balaban J connectivity index is 0.000000176. The number of nitrogens with zero attached hydrogens (tertiary/aromatic N) is 10. The number of aromatic nitrogens is 8. The van der Waals surface area contributed by atoms with Gasteiger partial charge in [0.1, 0.15) is 12.7 Å². The van der Waals surface area contributed by atoms with Gasteiger partial charge in [-0.3, -0.25) is 0 Å². The van der Waals surface area contributed by atoms with Crippen molar-refractivity contribution >= 4 is 81.0 Å². The van der Waals surface area contributed by atoms with Gasteiger partial charge in [0, 0.05) is 57.9 Å². The van der Waals surface area contributed by atoms with E-state index in [1.807, 2.05) is 9.80 Å². The number of ether oxygens (including phenoxy) is 2. The zero-order valence-electron chi connectivity index (χ0n) is 32.6. The number of alkyl halides is 7. The molecule has 8 heterocycles. The lowest BCUT2D eigenvalue weighted by molar-refractivity contribution is 0.0704. The van der Waals surface area contributed by atoms with Crippen LogP contribution in [0.25, 0.3) is 22.3 Å². The topological polar surface area (TPSA) is 194 Å². The number of fused-ring (bicyclic) bond motifs is 2. The highest BCUT2D eigenvalue weighted by Gasteiger charge is 2.32. The first-order valence-corrected chi connectivity index (χ1v) is 20.2. The van der Waals surface area contributed by atoms with E-state index in [0.717, 1.165) is 52.6 Å². The number of hydrogen-bond donors (Lipinski definition) is 4. The number of carbonyl (C=O) groups excluding carboxylic acids is 2. The van der Waals surface area contributed by atoms with Crippen LogP contribution < -0.4 is 21.3 Å². The molecule has 326 valence electrons. The van der Waals surface area contributed by atoms with Crippen molar-refractivity contribution in [1.82, 2.24) is 59.5 Å². The summed E-state index contributed by atoms with van der Waals surface area (Å²) in [6.07, 6.45) is 0.616. The van der Waals surface area contributed by atoms with E-state index in [0.29, 0.717) is 60.1 Å². The summed E-state index contributed by atoms with van der Waals surface area (Å²) in [5, 5.41) is 12.9.